The van der Waals surface area contributed by atoms with Crippen molar-refractivity contribution >= 4 is 6.09 Å². The Labute approximate surface area is 116 Å². The summed E-state index contributed by atoms with van der Waals surface area (Å²) in [6.45, 7) is 8.66. The second kappa shape index (κ2) is 6.12. The highest BCUT2D eigenvalue weighted by Crippen LogP contribution is 2.29. The molecule has 0 aromatic rings. The third kappa shape index (κ3) is 4.37. The predicted molar refractivity (Wildman–Crippen MR) is 76.2 cm³/mol. The predicted octanol–water partition coefficient (Wildman–Crippen LogP) is 2.78. The molecule has 1 aliphatic heterocycles. The van der Waals surface area contributed by atoms with E-state index in [2.05, 4.69) is 5.32 Å². The van der Waals surface area contributed by atoms with E-state index in [0.29, 0.717) is 12.0 Å². The van der Waals surface area contributed by atoms with Gasteiger partial charge in [0.05, 0.1) is 0 Å². The third-order valence-electron chi connectivity index (χ3n) is 4.02. The van der Waals surface area contributed by atoms with Crippen LogP contribution in [0.25, 0.3) is 0 Å². The van der Waals surface area contributed by atoms with Crippen molar-refractivity contribution < 1.29 is 9.53 Å². The Balaban J connectivity index is 1.97. The van der Waals surface area contributed by atoms with Gasteiger partial charge in [0.2, 0.25) is 0 Å². The van der Waals surface area contributed by atoms with Gasteiger partial charge in [0.15, 0.2) is 0 Å². The normalized spacial score (nSPS) is 24.7. The van der Waals surface area contributed by atoms with Crippen LogP contribution in [-0.2, 0) is 4.74 Å². The number of piperidine rings is 1. The first-order valence-electron chi connectivity index (χ1n) is 7.66. The van der Waals surface area contributed by atoms with E-state index in [9.17, 15) is 4.79 Å². The lowest BCUT2D eigenvalue weighted by Gasteiger charge is -2.39. The summed E-state index contributed by atoms with van der Waals surface area (Å²) in [4.78, 5) is 14.4. The van der Waals surface area contributed by atoms with Crippen LogP contribution in [0.1, 0.15) is 52.9 Å². The average molecular weight is 268 g/mol. The summed E-state index contributed by atoms with van der Waals surface area (Å²) >= 11 is 0. The van der Waals surface area contributed by atoms with Gasteiger partial charge in [-0.2, -0.15) is 0 Å². The van der Waals surface area contributed by atoms with E-state index in [1.54, 1.807) is 0 Å². The Morgan fingerprint density at radius 2 is 2.00 bits per heavy atom. The molecule has 1 saturated carbocycles. The Morgan fingerprint density at radius 1 is 1.26 bits per heavy atom. The SMILES string of the molecule is CC(C)(C)OC(=O)N(CC1CCC1)C1CCCNC1. The van der Waals surface area contributed by atoms with Gasteiger partial charge in [-0.25, -0.2) is 4.79 Å². The number of ether oxygens (including phenoxy) is 1. The van der Waals surface area contributed by atoms with Gasteiger partial charge in [-0.05, 0) is 58.9 Å². The number of carbonyl (C=O) groups is 1. The van der Waals surface area contributed by atoms with E-state index < -0.39 is 5.60 Å². The molecule has 1 unspecified atom stereocenters. The zero-order valence-corrected chi connectivity index (χ0v) is 12.6. The Kier molecular flexibility index (Phi) is 4.71. The standard InChI is InChI=1S/C15H28N2O2/c1-15(2,3)19-14(18)17(11-12-6-4-7-12)13-8-5-9-16-10-13/h12-13,16H,4-11H2,1-3H3. The smallest absolute Gasteiger partial charge is 0.410 e. The van der Waals surface area contributed by atoms with E-state index in [1.165, 1.54) is 19.3 Å². The number of rotatable bonds is 3. The van der Waals surface area contributed by atoms with Crippen LogP contribution >= 0.6 is 0 Å². The second-order valence-corrected chi connectivity index (χ2v) is 6.93. The third-order valence-corrected chi connectivity index (χ3v) is 4.02. The summed E-state index contributed by atoms with van der Waals surface area (Å²) in [7, 11) is 0. The minimum atomic E-state index is -0.406. The molecule has 1 N–H and O–H groups in total. The highest BCUT2D eigenvalue weighted by Gasteiger charge is 2.32. The molecular weight excluding hydrogens is 240 g/mol. The van der Waals surface area contributed by atoms with Crippen LogP contribution in [0, 0.1) is 5.92 Å². The number of carbonyl (C=O) groups excluding carboxylic acids is 1. The van der Waals surface area contributed by atoms with E-state index in [0.717, 1.165) is 32.5 Å². The topological polar surface area (TPSA) is 41.6 Å². The van der Waals surface area contributed by atoms with E-state index in [1.807, 2.05) is 25.7 Å². The van der Waals surface area contributed by atoms with Crippen LogP contribution in [0.3, 0.4) is 0 Å². The van der Waals surface area contributed by atoms with Crippen molar-refractivity contribution in [3.63, 3.8) is 0 Å². The van der Waals surface area contributed by atoms with Gasteiger partial charge in [-0.1, -0.05) is 6.42 Å². The molecule has 2 aliphatic rings. The van der Waals surface area contributed by atoms with Crippen molar-refractivity contribution in [2.45, 2.75) is 64.5 Å². The van der Waals surface area contributed by atoms with Crippen LogP contribution in [0.5, 0.6) is 0 Å². The first kappa shape index (κ1) is 14.6. The van der Waals surface area contributed by atoms with Gasteiger partial charge in [0.25, 0.3) is 0 Å². The largest absolute Gasteiger partial charge is 0.444 e. The molecule has 4 heteroatoms. The number of nitrogens with zero attached hydrogens (tertiary/aromatic N) is 1. The highest BCUT2D eigenvalue weighted by atomic mass is 16.6. The molecule has 1 aliphatic carbocycles. The van der Waals surface area contributed by atoms with E-state index in [-0.39, 0.29) is 6.09 Å². The molecule has 1 saturated heterocycles. The fourth-order valence-corrected chi connectivity index (χ4v) is 2.75. The Hall–Kier alpha value is -0.770. The lowest BCUT2D eigenvalue weighted by atomic mass is 9.84. The monoisotopic (exact) mass is 268 g/mol. The van der Waals surface area contributed by atoms with Crippen molar-refractivity contribution in [3.05, 3.63) is 0 Å². The van der Waals surface area contributed by atoms with Crippen molar-refractivity contribution in [3.8, 4) is 0 Å². The molecule has 19 heavy (non-hydrogen) atoms. The fourth-order valence-electron chi connectivity index (χ4n) is 2.75. The van der Waals surface area contributed by atoms with Crippen molar-refractivity contribution in [2.24, 2.45) is 5.92 Å². The molecule has 0 spiro atoms. The molecule has 2 rings (SSSR count). The summed E-state index contributed by atoms with van der Waals surface area (Å²) in [6, 6.07) is 0.309. The zero-order chi connectivity index (χ0) is 13.9. The quantitative estimate of drug-likeness (QED) is 0.855. The lowest BCUT2D eigenvalue weighted by Crippen LogP contribution is -2.52. The molecule has 0 aromatic carbocycles. The van der Waals surface area contributed by atoms with Gasteiger partial charge in [-0.15, -0.1) is 0 Å². The number of hydrogen-bond acceptors (Lipinski definition) is 3. The summed E-state index contributed by atoms with van der Waals surface area (Å²) < 4.78 is 5.58. The molecular formula is C15H28N2O2. The van der Waals surface area contributed by atoms with Crippen molar-refractivity contribution in [1.29, 1.82) is 0 Å². The molecule has 1 amide bonds. The average Bonchev–Trinajstić information content (AvgIpc) is 2.26. The van der Waals surface area contributed by atoms with Gasteiger partial charge < -0.3 is 15.0 Å². The first-order valence-corrected chi connectivity index (χ1v) is 7.66. The molecule has 1 heterocycles. The van der Waals surface area contributed by atoms with Crippen molar-refractivity contribution in [1.82, 2.24) is 10.2 Å². The lowest BCUT2D eigenvalue weighted by molar-refractivity contribution is 0.00626. The van der Waals surface area contributed by atoms with Crippen LogP contribution in [0.4, 0.5) is 4.79 Å². The van der Waals surface area contributed by atoms with Gasteiger partial charge in [0, 0.05) is 19.1 Å². The van der Waals surface area contributed by atoms with Crippen LogP contribution < -0.4 is 5.32 Å². The molecule has 0 aromatic heterocycles. The Morgan fingerprint density at radius 3 is 2.47 bits per heavy atom. The summed E-state index contributed by atoms with van der Waals surface area (Å²) in [5, 5.41) is 3.39. The molecule has 2 fully saturated rings. The molecule has 1 atom stereocenters. The summed E-state index contributed by atoms with van der Waals surface area (Å²) in [5.41, 5.74) is -0.406. The number of nitrogens with one attached hydrogen (secondary N) is 1. The second-order valence-electron chi connectivity index (χ2n) is 6.93. The van der Waals surface area contributed by atoms with Gasteiger partial charge >= 0.3 is 6.09 Å². The molecule has 0 radical (unpaired) electrons. The highest BCUT2D eigenvalue weighted by molar-refractivity contribution is 5.68. The molecule has 0 bridgehead atoms. The Bertz CT molecular complexity index is 302. The first-order chi connectivity index (χ1) is 8.96. The van der Waals surface area contributed by atoms with Gasteiger partial charge in [0.1, 0.15) is 5.60 Å². The minimum absolute atomic E-state index is 0.131. The minimum Gasteiger partial charge on any atom is -0.444 e. The summed E-state index contributed by atoms with van der Waals surface area (Å²) in [6.07, 6.45) is 5.95. The molecule has 110 valence electrons. The van der Waals surface area contributed by atoms with Crippen LogP contribution in [-0.4, -0.2) is 42.3 Å². The van der Waals surface area contributed by atoms with Crippen LogP contribution in [0.2, 0.25) is 0 Å². The van der Waals surface area contributed by atoms with Crippen LogP contribution in [0.15, 0.2) is 0 Å². The van der Waals surface area contributed by atoms with E-state index >= 15 is 0 Å². The van der Waals surface area contributed by atoms with Gasteiger partial charge in [-0.3, -0.25) is 0 Å². The van der Waals surface area contributed by atoms with Crippen molar-refractivity contribution in [2.75, 3.05) is 19.6 Å². The maximum atomic E-state index is 12.4. The number of hydrogen-bond donors (Lipinski definition) is 1. The zero-order valence-electron chi connectivity index (χ0n) is 12.6. The summed E-state index contributed by atoms with van der Waals surface area (Å²) in [5.74, 6) is 0.689. The maximum Gasteiger partial charge on any atom is 0.410 e. The molecule has 4 nitrogen and oxygen atoms in total. The fraction of sp³-hybridized carbons (Fsp3) is 0.933. The maximum absolute atomic E-state index is 12.4. The van der Waals surface area contributed by atoms with E-state index in [4.69, 9.17) is 4.74 Å². The number of amides is 1.